The van der Waals surface area contributed by atoms with Crippen molar-refractivity contribution in [2.75, 3.05) is 5.32 Å². The lowest BCUT2D eigenvalue weighted by Crippen LogP contribution is -2.20. The van der Waals surface area contributed by atoms with Gasteiger partial charge in [-0.15, -0.1) is 0 Å². The first kappa shape index (κ1) is 12.6. The van der Waals surface area contributed by atoms with Crippen molar-refractivity contribution in [2.45, 2.75) is 6.54 Å². The molecule has 8 nitrogen and oxygen atoms in total. The molecular weight excluding hydrogens is 252 g/mol. The number of carboxylic acid groups (broad SMARTS) is 1. The van der Waals surface area contributed by atoms with E-state index >= 15 is 0 Å². The number of amides is 1. The van der Waals surface area contributed by atoms with E-state index in [1.807, 2.05) is 0 Å². The van der Waals surface area contributed by atoms with Crippen molar-refractivity contribution >= 4 is 17.7 Å². The number of anilines is 1. The quantitative estimate of drug-likeness (QED) is 0.711. The third-order valence-electron chi connectivity index (χ3n) is 2.29. The Labute approximate surface area is 106 Å². The van der Waals surface area contributed by atoms with E-state index in [9.17, 15) is 14.4 Å². The normalized spacial score (nSPS) is 10.1. The number of carbonyl (C=O) groups excluding carboxylic acids is 1. The predicted octanol–water partition coefficient (Wildman–Crippen LogP) is -0.0917. The molecule has 2 heterocycles. The molecule has 19 heavy (non-hydrogen) atoms. The topological polar surface area (TPSA) is 117 Å². The van der Waals surface area contributed by atoms with Crippen LogP contribution >= 0.6 is 0 Å². The Balaban J connectivity index is 2.16. The fourth-order valence-electron chi connectivity index (χ4n) is 1.50. The van der Waals surface area contributed by atoms with Crippen LogP contribution in [0.1, 0.15) is 10.5 Å². The molecule has 2 aromatic heterocycles. The number of hydrogen-bond acceptors (Lipinski definition) is 4. The summed E-state index contributed by atoms with van der Waals surface area (Å²) in [6, 6.07) is 5.63. The molecule has 0 aliphatic heterocycles. The van der Waals surface area contributed by atoms with Gasteiger partial charge in [0, 0.05) is 12.3 Å². The Kier molecular flexibility index (Phi) is 3.42. The number of carbonyl (C=O) groups is 2. The van der Waals surface area contributed by atoms with Crippen LogP contribution in [0.3, 0.4) is 0 Å². The lowest BCUT2D eigenvalue weighted by Gasteiger charge is -2.06. The maximum absolute atomic E-state index is 11.9. The third kappa shape index (κ3) is 3.06. The summed E-state index contributed by atoms with van der Waals surface area (Å²) in [5, 5.41) is 17.0. The van der Waals surface area contributed by atoms with E-state index in [2.05, 4.69) is 15.5 Å². The molecular formula is C11H10N4O4. The molecule has 2 aromatic rings. The summed E-state index contributed by atoms with van der Waals surface area (Å²) in [5.74, 6) is -1.38. The van der Waals surface area contributed by atoms with E-state index in [0.29, 0.717) is 0 Å². The Morgan fingerprint density at radius 1 is 1.37 bits per heavy atom. The van der Waals surface area contributed by atoms with Crippen molar-refractivity contribution in [2.24, 2.45) is 0 Å². The molecule has 0 atom stereocenters. The minimum absolute atomic E-state index is 0.174. The monoisotopic (exact) mass is 262 g/mol. The zero-order valence-electron chi connectivity index (χ0n) is 9.66. The van der Waals surface area contributed by atoms with E-state index in [1.54, 1.807) is 6.07 Å². The molecule has 2 rings (SSSR count). The van der Waals surface area contributed by atoms with E-state index in [4.69, 9.17) is 5.11 Å². The van der Waals surface area contributed by atoms with Crippen LogP contribution in [0.2, 0.25) is 0 Å². The van der Waals surface area contributed by atoms with Gasteiger partial charge in [0.1, 0.15) is 12.2 Å². The molecule has 3 N–H and O–H groups in total. The molecule has 0 saturated carbocycles. The molecule has 0 radical (unpaired) electrons. The van der Waals surface area contributed by atoms with Crippen LogP contribution in [0.5, 0.6) is 0 Å². The van der Waals surface area contributed by atoms with Crippen LogP contribution < -0.4 is 10.9 Å². The maximum atomic E-state index is 11.9. The van der Waals surface area contributed by atoms with Crippen molar-refractivity contribution in [1.29, 1.82) is 0 Å². The van der Waals surface area contributed by atoms with Gasteiger partial charge in [-0.1, -0.05) is 0 Å². The minimum Gasteiger partial charge on any atom is -0.480 e. The van der Waals surface area contributed by atoms with Gasteiger partial charge in [0.15, 0.2) is 5.82 Å². The zero-order chi connectivity index (χ0) is 13.8. The average Bonchev–Trinajstić information content (AvgIpc) is 2.79. The highest BCUT2D eigenvalue weighted by molar-refractivity contribution is 6.02. The highest BCUT2D eigenvalue weighted by Crippen LogP contribution is 2.06. The number of hydrogen-bond donors (Lipinski definition) is 3. The standard InChI is InChI=1S/C11H10N4O4/c16-9-4-3-8(13-14-9)12-11(19)7-2-1-5-15(7)6-10(17)18/h1-5H,6H2,(H,14,16)(H,17,18)(H,12,13,19). The largest absolute Gasteiger partial charge is 0.480 e. The molecule has 98 valence electrons. The lowest BCUT2D eigenvalue weighted by molar-refractivity contribution is -0.137. The maximum Gasteiger partial charge on any atom is 0.323 e. The number of carboxylic acids is 1. The SMILES string of the molecule is O=C(O)Cn1cccc1C(=O)Nc1ccc(=O)[nH]n1. The lowest BCUT2D eigenvalue weighted by atomic mass is 10.4. The molecule has 0 bridgehead atoms. The average molecular weight is 262 g/mol. The van der Waals surface area contributed by atoms with Crippen molar-refractivity contribution in [3.05, 3.63) is 46.5 Å². The Morgan fingerprint density at radius 2 is 2.16 bits per heavy atom. The first-order valence-electron chi connectivity index (χ1n) is 5.30. The third-order valence-corrected chi connectivity index (χ3v) is 2.29. The van der Waals surface area contributed by atoms with E-state index in [-0.39, 0.29) is 23.6 Å². The van der Waals surface area contributed by atoms with Crippen LogP contribution in [0.25, 0.3) is 0 Å². The molecule has 0 spiro atoms. The Hall–Kier alpha value is -2.90. The summed E-state index contributed by atoms with van der Waals surface area (Å²) in [6.07, 6.45) is 1.49. The summed E-state index contributed by atoms with van der Waals surface area (Å²) in [6.45, 7) is -0.311. The second-order valence-electron chi connectivity index (χ2n) is 3.68. The van der Waals surface area contributed by atoms with Gasteiger partial charge in [0.25, 0.3) is 11.5 Å². The van der Waals surface area contributed by atoms with Crippen LogP contribution in [0.4, 0.5) is 5.82 Å². The Morgan fingerprint density at radius 3 is 2.79 bits per heavy atom. The van der Waals surface area contributed by atoms with Crippen LogP contribution in [-0.2, 0) is 11.3 Å². The second kappa shape index (κ2) is 5.17. The predicted molar refractivity (Wildman–Crippen MR) is 64.9 cm³/mol. The number of aromatic nitrogens is 3. The van der Waals surface area contributed by atoms with Crippen molar-refractivity contribution in [3.8, 4) is 0 Å². The molecule has 0 saturated heterocycles. The van der Waals surface area contributed by atoms with E-state index in [0.717, 1.165) is 0 Å². The highest BCUT2D eigenvalue weighted by Gasteiger charge is 2.13. The van der Waals surface area contributed by atoms with Crippen LogP contribution in [0, 0.1) is 0 Å². The smallest absolute Gasteiger partial charge is 0.323 e. The van der Waals surface area contributed by atoms with Gasteiger partial charge < -0.3 is 15.0 Å². The zero-order valence-corrected chi connectivity index (χ0v) is 9.66. The summed E-state index contributed by atoms with van der Waals surface area (Å²) in [4.78, 5) is 33.3. The fourth-order valence-corrected chi connectivity index (χ4v) is 1.50. The van der Waals surface area contributed by atoms with Gasteiger partial charge in [-0.05, 0) is 18.2 Å². The van der Waals surface area contributed by atoms with Gasteiger partial charge >= 0.3 is 5.97 Å². The minimum atomic E-state index is -1.05. The first-order valence-corrected chi connectivity index (χ1v) is 5.30. The number of aliphatic carboxylic acids is 1. The molecule has 1 amide bonds. The second-order valence-corrected chi connectivity index (χ2v) is 3.68. The number of rotatable bonds is 4. The van der Waals surface area contributed by atoms with Gasteiger partial charge in [0.2, 0.25) is 0 Å². The van der Waals surface area contributed by atoms with Crippen molar-refractivity contribution in [3.63, 3.8) is 0 Å². The van der Waals surface area contributed by atoms with E-state index < -0.39 is 11.9 Å². The molecule has 0 unspecified atom stereocenters. The summed E-state index contributed by atoms with van der Waals surface area (Å²) >= 11 is 0. The molecule has 0 aromatic carbocycles. The molecule has 0 fully saturated rings. The van der Waals surface area contributed by atoms with Crippen molar-refractivity contribution < 1.29 is 14.7 Å². The fraction of sp³-hybridized carbons (Fsp3) is 0.0909. The van der Waals surface area contributed by atoms with E-state index in [1.165, 1.54) is 29.0 Å². The number of nitrogens with one attached hydrogen (secondary N) is 2. The number of H-pyrrole nitrogens is 1. The molecule has 0 aliphatic rings. The summed E-state index contributed by atoms with van der Waals surface area (Å²) in [7, 11) is 0. The number of aromatic amines is 1. The number of nitrogens with zero attached hydrogens (tertiary/aromatic N) is 2. The van der Waals surface area contributed by atoms with Crippen LogP contribution in [-0.4, -0.2) is 31.7 Å². The van der Waals surface area contributed by atoms with Crippen molar-refractivity contribution in [1.82, 2.24) is 14.8 Å². The molecule has 8 heteroatoms. The van der Waals surface area contributed by atoms with Gasteiger partial charge in [-0.3, -0.25) is 14.4 Å². The summed E-state index contributed by atoms with van der Waals surface area (Å²) in [5.41, 5.74) is -0.192. The van der Waals surface area contributed by atoms with Crippen LogP contribution in [0.15, 0.2) is 35.3 Å². The Bertz CT molecular complexity index is 653. The van der Waals surface area contributed by atoms with Gasteiger partial charge in [-0.2, -0.15) is 5.10 Å². The molecule has 0 aliphatic carbocycles. The summed E-state index contributed by atoms with van der Waals surface area (Å²) < 4.78 is 1.29. The van der Waals surface area contributed by atoms with Gasteiger partial charge in [0.05, 0.1) is 0 Å². The first-order chi connectivity index (χ1) is 9.06. The van der Waals surface area contributed by atoms with Gasteiger partial charge in [-0.25, -0.2) is 5.10 Å². The highest BCUT2D eigenvalue weighted by atomic mass is 16.4.